The van der Waals surface area contributed by atoms with Gasteiger partial charge >= 0.3 is 0 Å². The summed E-state index contributed by atoms with van der Waals surface area (Å²) in [6, 6.07) is 6.78. The molecule has 0 saturated carbocycles. The molecule has 1 N–H and O–H groups in total. The van der Waals surface area contributed by atoms with Crippen molar-refractivity contribution in [1.29, 1.82) is 0 Å². The third-order valence-electron chi connectivity index (χ3n) is 3.22. The van der Waals surface area contributed by atoms with Crippen LogP contribution in [-0.2, 0) is 12.8 Å². The Morgan fingerprint density at radius 2 is 2.10 bits per heavy atom. The minimum atomic E-state index is 0.289. The summed E-state index contributed by atoms with van der Waals surface area (Å²) in [4.78, 5) is 4.57. The second kappa shape index (κ2) is 7.69. The highest BCUT2D eigenvalue weighted by molar-refractivity contribution is 9.12. The van der Waals surface area contributed by atoms with E-state index < -0.39 is 0 Å². The maximum Gasteiger partial charge on any atom is 0.0758 e. The minimum absolute atomic E-state index is 0.289. The first-order chi connectivity index (χ1) is 9.63. The summed E-state index contributed by atoms with van der Waals surface area (Å²) in [6.45, 7) is 5.23. The Morgan fingerprint density at radius 1 is 1.30 bits per heavy atom. The molecule has 20 heavy (non-hydrogen) atoms. The van der Waals surface area contributed by atoms with E-state index in [4.69, 9.17) is 0 Å². The van der Waals surface area contributed by atoms with Crippen LogP contribution in [0.1, 0.15) is 36.7 Å². The van der Waals surface area contributed by atoms with Gasteiger partial charge in [0, 0.05) is 24.4 Å². The first-order valence-corrected chi connectivity index (χ1v) is 9.16. The summed E-state index contributed by atoms with van der Waals surface area (Å²) >= 11 is 8.92. The molecular formula is C15H18Br2N2S. The second-order valence-electron chi connectivity index (χ2n) is 4.61. The summed E-state index contributed by atoms with van der Waals surface area (Å²) in [5.74, 6) is 0. The third-order valence-corrected chi connectivity index (χ3v) is 5.60. The number of hydrogen-bond donors (Lipinski definition) is 1. The summed E-state index contributed by atoms with van der Waals surface area (Å²) in [7, 11) is 0. The Labute approximate surface area is 141 Å². The van der Waals surface area contributed by atoms with Crippen LogP contribution in [0.15, 0.2) is 32.0 Å². The summed E-state index contributed by atoms with van der Waals surface area (Å²) in [5.41, 5.74) is 3.71. The fraction of sp³-hybridized carbons (Fsp3) is 0.400. The molecule has 0 aliphatic rings. The Morgan fingerprint density at radius 3 is 2.60 bits per heavy atom. The van der Waals surface area contributed by atoms with E-state index in [1.165, 1.54) is 14.9 Å². The lowest BCUT2D eigenvalue weighted by Crippen LogP contribution is -2.23. The Kier molecular flexibility index (Phi) is 6.20. The van der Waals surface area contributed by atoms with E-state index >= 15 is 0 Å². The van der Waals surface area contributed by atoms with Crippen molar-refractivity contribution in [3.63, 3.8) is 0 Å². The number of thiophene rings is 1. The zero-order valence-electron chi connectivity index (χ0n) is 11.6. The van der Waals surface area contributed by atoms with Crippen molar-refractivity contribution in [2.45, 2.75) is 32.7 Å². The van der Waals surface area contributed by atoms with Crippen LogP contribution in [0.25, 0.3) is 0 Å². The molecule has 2 rings (SSSR count). The lowest BCUT2D eigenvalue weighted by molar-refractivity contribution is 0.544. The topological polar surface area (TPSA) is 24.9 Å². The van der Waals surface area contributed by atoms with Gasteiger partial charge in [0.05, 0.1) is 7.57 Å². The molecule has 2 aromatic rings. The van der Waals surface area contributed by atoms with E-state index in [0.717, 1.165) is 28.9 Å². The van der Waals surface area contributed by atoms with Gasteiger partial charge in [-0.3, -0.25) is 4.98 Å². The number of pyridine rings is 1. The molecule has 2 nitrogen and oxygen atoms in total. The van der Waals surface area contributed by atoms with Crippen LogP contribution < -0.4 is 5.32 Å². The number of nitrogens with zero attached hydrogens (tertiary/aromatic N) is 1. The van der Waals surface area contributed by atoms with E-state index in [9.17, 15) is 0 Å². The number of aromatic nitrogens is 1. The Bertz CT molecular complexity index is 552. The van der Waals surface area contributed by atoms with Crippen molar-refractivity contribution in [1.82, 2.24) is 10.3 Å². The maximum absolute atomic E-state index is 4.57. The lowest BCUT2D eigenvalue weighted by atomic mass is 10.0. The van der Waals surface area contributed by atoms with Crippen LogP contribution in [0.4, 0.5) is 0 Å². The van der Waals surface area contributed by atoms with Crippen LogP contribution >= 0.6 is 43.2 Å². The van der Waals surface area contributed by atoms with Gasteiger partial charge in [-0.2, -0.15) is 0 Å². The number of halogens is 2. The van der Waals surface area contributed by atoms with Crippen molar-refractivity contribution in [2.75, 3.05) is 6.54 Å². The molecule has 0 aromatic carbocycles. The number of hydrogen-bond acceptors (Lipinski definition) is 3. The summed E-state index contributed by atoms with van der Waals surface area (Å²) < 4.78 is 2.33. The molecule has 0 aliphatic carbocycles. The van der Waals surface area contributed by atoms with E-state index in [1.807, 2.05) is 6.20 Å². The van der Waals surface area contributed by atoms with Crippen LogP contribution in [-0.4, -0.2) is 11.5 Å². The SMILES string of the molecule is CCNC(Cc1ccc(CC)cn1)c1cc(Br)sc1Br. The highest BCUT2D eigenvalue weighted by Gasteiger charge is 2.17. The first-order valence-electron chi connectivity index (χ1n) is 6.76. The van der Waals surface area contributed by atoms with Crippen molar-refractivity contribution in [2.24, 2.45) is 0 Å². The summed E-state index contributed by atoms with van der Waals surface area (Å²) in [5, 5.41) is 3.55. The molecule has 0 bridgehead atoms. The van der Waals surface area contributed by atoms with Gasteiger partial charge in [-0.25, -0.2) is 0 Å². The van der Waals surface area contributed by atoms with Gasteiger partial charge < -0.3 is 5.32 Å². The first kappa shape index (κ1) is 16.1. The molecule has 0 fully saturated rings. The van der Waals surface area contributed by atoms with Crippen molar-refractivity contribution >= 4 is 43.2 Å². The van der Waals surface area contributed by atoms with Crippen LogP contribution in [0.3, 0.4) is 0 Å². The molecule has 0 amide bonds. The second-order valence-corrected chi connectivity index (χ2v) is 8.35. The van der Waals surface area contributed by atoms with Crippen molar-refractivity contribution < 1.29 is 0 Å². The molecule has 2 aromatic heterocycles. The average Bonchev–Trinajstić information content (AvgIpc) is 2.78. The van der Waals surface area contributed by atoms with Crippen LogP contribution in [0, 0.1) is 0 Å². The van der Waals surface area contributed by atoms with Gasteiger partial charge in [-0.1, -0.05) is 19.9 Å². The molecule has 0 aliphatic heterocycles. The molecular weight excluding hydrogens is 400 g/mol. The number of likely N-dealkylation sites (N-methyl/N-ethyl adjacent to an activating group) is 1. The highest BCUT2D eigenvalue weighted by Crippen LogP contribution is 2.36. The van der Waals surface area contributed by atoms with Crippen LogP contribution in [0.2, 0.25) is 0 Å². The quantitative estimate of drug-likeness (QED) is 0.704. The normalized spacial score (nSPS) is 12.6. The van der Waals surface area contributed by atoms with Crippen molar-refractivity contribution in [3.8, 4) is 0 Å². The average molecular weight is 418 g/mol. The Balaban J connectivity index is 2.18. The van der Waals surface area contributed by atoms with Gasteiger partial charge in [0.1, 0.15) is 0 Å². The molecule has 1 unspecified atom stereocenters. The number of rotatable bonds is 6. The number of nitrogens with one attached hydrogen (secondary N) is 1. The molecule has 2 heterocycles. The minimum Gasteiger partial charge on any atom is -0.310 e. The smallest absolute Gasteiger partial charge is 0.0758 e. The van der Waals surface area contributed by atoms with Gasteiger partial charge in [-0.05, 0) is 68.1 Å². The van der Waals surface area contributed by atoms with E-state index in [0.29, 0.717) is 0 Å². The van der Waals surface area contributed by atoms with Crippen LogP contribution in [0.5, 0.6) is 0 Å². The third kappa shape index (κ3) is 4.13. The van der Waals surface area contributed by atoms with Gasteiger partial charge in [0.25, 0.3) is 0 Å². The lowest BCUT2D eigenvalue weighted by Gasteiger charge is -2.17. The molecule has 0 radical (unpaired) electrons. The molecule has 108 valence electrons. The van der Waals surface area contributed by atoms with Gasteiger partial charge in [0.15, 0.2) is 0 Å². The number of aryl methyl sites for hydroxylation is 1. The van der Waals surface area contributed by atoms with Crippen molar-refractivity contribution in [3.05, 3.63) is 48.8 Å². The standard InChI is InChI=1S/C15H18Br2N2S/c1-3-10-5-6-11(19-9-10)7-13(18-4-2)12-8-14(16)20-15(12)17/h5-6,8-9,13,18H,3-4,7H2,1-2H3. The molecule has 5 heteroatoms. The van der Waals surface area contributed by atoms with Gasteiger partial charge in [-0.15, -0.1) is 11.3 Å². The van der Waals surface area contributed by atoms with Gasteiger partial charge in [0.2, 0.25) is 0 Å². The summed E-state index contributed by atoms with van der Waals surface area (Å²) in [6.07, 6.45) is 3.92. The Hall–Kier alpha value is -0.230. The largest absolute Gasteiger partial charge is 0.310 e. The predicted molar refractivity (Wildman–Crippen MR) is 93.5 cm³/mol. The molecule has 1 atom stereocenters. The van der Waals surface area contributed by atoms with E-state index in [1.54, 1.807) is 11.3 Å². The zero-order chi connectivity index (χ0) is 14.5. The highest BCUT2D eigenvalue weighted by atomic mass is 79.9. The fourth-order valence-corrected chi connectivity index (χ4v) is 5.10. The fourth-order valence-electron chi connectivity index (χ4n) is 2.12. The maximum atomic E-state index is 4.57. The van der Waals surface area contributed by atoms with E-state index in [-0.39, 0.29) is 6.04 Å². The molecule has 0 saturated heterocycles. The van der Waals surface area contributed by atoms with E-state index in [2.05, 4.69) is 74.2 Å². The monoisotopic (exact) mass is 416 g/mol. The zero-order valence-corrected chi connectivity index (χ0v) is 15.6. The predicted octanol–water partition coefficient (Wildman–Crippen LogP) is 5.12. The molecule has 0 spiro atoms.